The van der Waals surface area contributed by atoms with Gasteiger partial charge < -0.3 is 10.6 Å². The van der Waals surface area contributed by atoms with Crippen LogP contribution in [0.25, 0.3) is 0 Å². The summed E-state index contributed by atoms with van der Waals surface area (Å²) < 4.78 is 0. The van der Waals surface area contributed by atoms with Gasteiger partial charge in [-0.1, -0.05) is 0 Å². The van der Waals surface area contributed by atoms with Crippen LogP contribution in [0.3, 0.4) is 0 Å². The van der Waals surface area contributed by atoms with E-state index >= 15 is 0 Å². The van der Waals surface area contributed by atoms with Gasteiger partial charge in [0.25, 0.3) is 0 Å². The van der Waals surface area contributed by atoms with Crippen LogP contribution in [0, 0.1) is 0 Å². The standard InChI is InChI=1S/C8H13N3O/c12-8(10-7-2-1-3-7)11-5-4-9-6-11/h4-5,7,9H,1-3,6H2,(H,10,12). The molecule has 0 aromatic rings. The van der Waals surface area contributed by atoms with Crippen LogP contribution in [-0.4, -0.2) is 23.6 Å². The van der Waals surface area contributed by atoms with Crippen molar-refractivity contribution in [2.75, 3.05) is 6.67 Å². The van der Waals surface area contributed by atoms with Crippen LogP contribution < -0.4 is 10.6 Å². The minimum Gasteiger partial charge on any atom is -0.372 e. The Labute approximate surface area is 71.6 Å². The van der Waals surface area contributed by atoms with E-state index in [0.717, 1.165) is 12.8 Å². The van der Waals surface area contributed by atoms with Crippen LogP contribution >= 0.6 is 0 Å². The monoisotopic (exact) mass is 167 g/mol. The lowest BCUT2D eigenvalue weighted by Crippen LogP contribution is -2.45. The van der Waals surface area contributed by atoms with E-state index in [9.17, 15) is 4.79 Å². The Morgan fingerprint density at radius 3 is 2.92 bits per heavy atom. The number of hydrogen-bond donors (Lipinski definition) is 2. The van der Waals surface area contributed by atoms with Gasteiger partial charge in [-0.25, -0.2) is 4.79 Å². The number of hydrogen-bond acceptors (Lipinski definition) is 2. The first kappa shape index (κ1) is 7.46. The summed E-state index contributed by atoms with van der Waals surface area (Å²) in [4.78, 5) is 13.0. The zero-order chi connectivity index (χ0) is 8.39. The fourth-order valence-corrected chi connectivity index (χ4v) is 1.30. The molecule has 0 unspecified atom stereocenters. The largest absolute Gasteiger partial charge is 0.372 e. The molecule has 0 spiro atoms. The van der Waals surface area contributed by atoms with Crippen molar-refractivity contribution in [3.8, 4) is 0 Å². The number of nitrogens with zero attached hydrogens (tertiary/aromatic N) is 1. The summed E-state index contributed by atoms with van der Waals surface area (Å²) in [6.45, 7) is 0.596. The molecule has 0 saturated heterocycles. The van der Waals surface area contributed by atoms with Crippen LogP contribution in [-0.2, 0) is 0 Å². The summed E-state index contributed by atoms with van der Waals surface area (Å²) in [5, 5.41) is 5.90. The first-order valence-electron chi connectivity index (χ1n) is 4.33. The Hall–Kier alpha value is -1.19. The highest BCUT2D eigenvalue weighted by Crippen LogP contribution is 2.18. The highest BCUT2D eigenvalue weighted by molar-refractivity contribution is 5.75. The van der Waals surface area contributed by atoms with Gasteiger partial charge in [-0.05, 0) is 19.3 Å². The molecular formula is C8H13N3O. The number of carbonyl (C=O) groups is 1. The second-order valence-corrected chi connectivity index (χ2v) is 3.23. The summed E-state index contributed by atoms with van der Waals surface area (Å²) in [7, 11) is 0. The second-order valence-electron chi connectivity index (χ2n) is 3.23. The van der Waals surface area contributed by atoms with E-state index in [4.69, 9.17) is 0 Å². The third-order valence-corrected chi connectivity index (χ3v) is 2.33. The molecule has 1 saturated carbocycles. The van der Waals surface area contributed by atoms with Gasteiger partial charge in [-0.3, -0.25) is 4.90 Å². The van der Waals surface area contributed by atoms with E-state index in [1.807, 2.05) is 0 Å². The maximum absolute atomic E-state index is 11.4. The Balaban J connectivity index is 1.79. The molecule has 0 aromatic carbocycles. The topological polar surface area (TPSA) is 44.4 Å². The predicted molar refractivity (Wildman–Crippen MR) is 45.2 cm³/mol. The average Bonchev–Trinajstić information content (AvgIpc) is 2.47. The maximum atomic E-state index is 11.4. The van der Waals surface area contributed by atoms with Crippen LogP contribution in [0.15, 0.2) is 12.4 Å². The molecule has 4 nitrogen and oxygen atoms in total. The highest BCUT2D eigenvalue weighted by atomic mass is 16.2. The molecule has 0 atom stereocenters. The molecule has 66 valence electrons. The van der Waals surface area contributed by atoms with E-state index in [1.165, 1.54) is 6.42 Å². The van der Waals surface area contributed by atoms with Crippen molar-refractivity contribution in [3.05, 3.63) is 12.4 Å². The lowest BCUT2D eigenvalue weighted by molar-refractivity contribution is 0.204. The summed E-state index contributed by atoms with van der Waals surface area (Å²) in [6, 6.07) is 0.437. The molecule has 4 heteroatoms. The van der Waals surface area contributed by atoms with Crippen LogP contribution in [0.5, 0.6) is 0 Å². The van der Waals surface area contributed by atoms with Crippen molar-refractivity contribution < 1.29 is 4.79 Å². The number of carbonyl (C=O) groups excluding carboxylic acids is 1. The van der Waals surface area contributed by atoms with Gasteiger partial charge in [0.15, 0.2) is 0 Å². The number of nitrogens with one attached hydrogen (secondary N) is 2. The average molecular weight is 167 g/mol. The van der Waals surface area contributed by atoms with E-state index in [-0.39, 0.29) is 6.03 Å². The van der Waals surface area contributed by atoms with Gasteiger partial charge in [-0.15, -0.1) is 0 Å². The molecule has 2 N–H and O–H groups in total. The summed E-state index contributed by atoms with van der Waals surface area (Å²) >= 11 is 0. The van der Waals surface area contributed by atoms with Crippen LogP contribution in [0.4, 0.5) is 4.79 Å². The second kappa shape index (κ2) is 3.05. The quantitative estimate of drug-likeness (QED) is 0.600. The third kappa shape index (κ3) is 1.37. The minimum atomic E-state index is 0.0148. The van der Waals surface area contributed by atoms with Gasteiger partial charge in [0.1, 0.15) is 0 Å². The van der Waals surface area contributed by atoms with Crippen molar-refractivity contribution in [1.29, 1.82) is 0 Å². The van der Waals surface area contributed by atoms with Gasteiger partial charge in [0, 0.05) is 18.4 Å². The fourth-order valence-electron chi connectivity index (χ4n) is 1.30. The molecule has 12 heavy (non-hydrogen) atoms. The molecule has 0 aromatic heterocycles. The van der Waals surface area contributed by atoms with Crippen molar-refractivity contribution >= 4 is 6.03 Å². The van der Waals surface area contributed by atoms with Crippen LogP contribution in [0.2, 0.25) is 0 Å². The molecule has 1 fully saturated rings. The maximum Gasteiger partial charge on any atom is 0.323 e. The zero-order valence-corrected chi connectivity index (χ0v) is 6.92. The molecule has 0 radical (unpaired) electrons. The Bertz CT molecular complexity index is 210. The highest BCUT2D eigenvalue weighted by Gasteiger charge is 2.22. The van der Waals surface area contributed by atoms with Crippen molar-refractivity contribution in [1.82, 2.24) is 15.5 Å². The molecule has 0 bridgehead atoms. The van der Waals surface area contributed by atoms with Gasteiger partial charge >= 0.3 is 6.03 Å². The van der Waals surface area contributed by atoms with E-state index < -0.39 is 0 Å². The van der Waals surface area contributed by atoms with Gasteiger partial charge in [-0.2, -0.15) is 0 Å². The zero-order valence-electron chi connectivity index (χ0n) is 6.92. The summed E-state index contributed by atoms with van der Waals surface area (Å²) in [6.07, 6.45) is 7.06. The Kier molecular flexibility index (Phi) is 1.89. The predicted octanol–water partition coefficient (Wildman–Crippen LogP) is 0.582. The molecule has 2 rings (SSSR count). The molecule has 2 amide bonds. The number of urea groups is 1. The molecule has 2 aliphatic rings. The first-order valence-corrected chi connectivity index (χ1v) is 4.33. The Morgan fingerprint density at radius 2 is 2.42 bits per heavy atom. The summed E-state index contributed by atoms with van der Waals surface area (Å²) in [5.41, 5.74) is 0. The van der Waals surface area contributed by atoms with E-state index in [1.54, 1.807) is 17.3 Å². The lowest BCUT2D eigenvalue weighted by Gasteiger charge is -2.28. The third-order valence-electron chi connectivity index (χ3n) is 2.33. The number of amides is 2. The normalized spacial score (nSPS) is 21.8. The van der Waals surface area contributed by atoms with Crippen molar-refractivity contribution in [2.24, 2.45) is 0 Å². The van der Waals surface area contributed by atoms with Gasteiger partial charge in [0.2, 0.25) is 0 Å². The Morgan fingerprint density at radius 1 is 1.58 bits per heavy atom. The smallest absolute Gasteiger partial charge is 0.323 e. The molecule has 1 aliphatic heterocycles. The lowest BCUT2D eigenvalue weighted by atomic mass is 9.93. The van der Waals surface area contributed by atoms with Crippen molar-refractivity contribution in [2.45, 2.75) is 25.3 Å². The molecule has 1 heterocycles. The van der Waals surface area contributed by atoms with E-state index in [2.05, 4.69) is 10.6 Å². The van der Waals surface area contributed by atoms with Crippen LogP contribution in [0.1, 0.15) is 19.3 Å². The SMILES string of the molecule is O=C(NC1CCC1)N1C=CNC1. The van der Waals surface area contributed by atoms with Gasteiger partial charge in [0.05, 0.1) is 6.67 Å². The molecular weight excluding hydrogens is 154 g/mol. The summed E-state index contributed by atoms with van der Waals surface area (Å²) in [5.74, 6) is 0. The van der Waals surface area contributed by atoms with Crippen molar-refractivity contribution in [3.63, 3.8) is 0 Å². The molecule has 1 aliphatic carbocycles. The minimum absolute atomic E-state index is 0.0148. The van der Waals surface area contributed by atoms with E-state index in [0.29, 0.717) is 12.7 Å². The first-order chi connectivity index (χ1) is 5.86. The number of rotatable bonds is 1. The fraction of sp³-hybridized carbons (Fsp3) is 0.625.